The highest BCUT2D eigenvalue weighted by molar-refractivity contribution is 7.85. The van der Waals surface area contributed by atoms with Gasteiger partial charge >= 0.3 is 0 Å². The molecule has 0 aliphatic heterocycles. The summed E-state index contributed by atoms with van der Waals surface area (Å²) in [6.45, 7) is 0. The summed E-state index contributed by atoms with van der Waals surface area (Å²) in [7, 11) is 0.133. The maximum Gasteiger partial charge on any atom is 0.220 e. The largest absolute Gasteiger partial charge is 0.398 e. The molecule has 1 aromatic rings. The predicted molar refractivity (Wildman–Crippen MR) is 60.8 cm³/mol. The molecule has 0 spiro atoms. The molecule has 0 saturated heterocycles. The van der Waals surface area contributed by atoms with E-state index in [0.717, 1.165) is 6.07 Å². The number of nitrogens with one attached hydrogen (secondary N) is 1. The molecule has 0 aromatic heterocycles. The van der Waals surface area contributed by atoms with Gasteiger partial charge in [-0.2, -0.15) is 0 Å². The molecule has 4 nitrogen and oxygen atoms in total. The number of amides is 1. The van der Waals surface area contributed by atoms with Crippen molar-refractivity contribution in [2.24, 2.45) is 0 Å². The van der Waals surface area contributed by atoms with Gasteiger partial charge < -0.3 is 11.1 Å². The molecule has 1 atom stereocenters. The van der Waals surface area contributed by atoms with Gasteiger partial charge in [-0.25, -0.2) is 4.39 Å². The fourth-order valence-electron chi connectivity index (χ4n) is 1.15. The van der Waals surface area contributed by atoms with Crippen molar-refractivity contribution < 1.29 is 13.4 Å². The molecule has 0 fully saturated rings. The normalized spacial score (nSPS) is 12.1. The van der Waals surface area contributed by atoms with Gasteiger partial charge in [-0.1, -0.05) is 0 Å². The molecule has 0 bridgehead atoms. The van der Waals surface area contributed by atoms with Crippen LogP contribution in [-0.2, 0) is 15.6 Å². The molecule has 1 amide bonds. The van der Waals surface area contributed by atoms with Crippen LogP contribution in [0.15, 0.2) is 23.1 Å². The number of halogens is 1. The number of carbonyl (C=O) groups is 1. The number of hydrogen-bond donors (Lipinski definition) is 2. The van der Waals surface area contributed by atoms with Gasteiger partial charge in [0.05, 0.1) is 21.4 Å². The van der Waals surface area contributed by atoms with Crippen LogP contribution in [0, 0.1) is 5.82 Å². The predicted octanol–water partition coefficient (Wildman–Crippen LogP) is 0.652. The monoisotopic (exact) mass is 244 g/mol. The van der Waals surface area contributed by atoms with Gasteiger partial charge in [0.15, 0.2) is 0 Å². The zero-order valence-electron chi connectivity index (χ0n) is 8.83. The number of nitrogen functional groups attached to an aromatic ring is 1. The van der Waals surface area contributed by atoms with E-state index >= 15 is 0 Å². The first kappa shape index (κ1) is 12.6. The first-order valence-corrected chi connectivity index (χ1v) is 6.00. The fraction of sp³-hybridized carbons (Fsp3) is 0.300. The Hall–Kier alpha value is -1.43. The third-order valence-electron chi connectivity index (χ3n) is 2.01. The van der Waals surface area contributed by atoms with Crippen molar-refractivity contribution in [2.45, 2.75) is 11.3 Å². The van der Waals surface area contributed by atoms with Crippen LogP contribution in [-0.4, -0.2) is 22.9 Å². The Balaban J connectivity index is 2.70. The zero-order valence-corrected chi connectivity index (χ0v) is 9.64. The molecule has 0 aliphatic rings. The standard InChI is InChI=1S/C10H13FN2O2S/c1-13-10(14)4-5-16(15)9-3-2-7(11)6-8(9)12/h2-3,6H,4-5,12H2,1H3,(H,13,14). The maximum atomic E-state index is 12.7. The summed E-state index contributed by atoms with van der Waals surface area (Å²) >= 11 is 0. The summed E-state index contributed by atoms with van der Waals surface area (Å²) in [5.74, 6) is -0.478. The van der Waals surface area contributed by atoms with E-state index in [1.54, 1.807) is 0 Å². The molecule has 3 N–H and O–H groups in total. The zero-order chi connectivity index (χ0) is 12.1. The van der Waals surface area contributed by atoms with Crippen LogP contribution in [0.1, 0.15) is 6.42 Å². The topological polar surface area (TPSA) is 72.2 Å². The second-order valence-corrected chi connectivity index (χ2v) is 4.69. The van der Waals surface area contributed by atoms with Gasteiger partial charge in [0.1, 0.15) is 5.82 Å². The van der Waals surface area contributed by atoms with Gasteiger partial charge in [0.25, 0.3) is 0 Å². The molecule has 16 heavy (non-hydrogen) atoms. The van der Waals surface area contributed by atoms with Gasteiger partial charge in [-0.05, 0) is 18.2 Å². The molecule has 0 aliphatic carbocycles. The van der Waals surface area contributed by atoms with Crippen molar-refractivity contribution in [1.82, 2.24) is 5.32 Å². The first-order valence-electron chi connectivity index (χ1n) is 4.68. The second kappa shape index (κ2) is 5.60. The van der Waals surface area contributed by atoms with Crippen molar-refractivity contribution in [3.8, 4) is 0 Å². The lowest BCUT2D eigenvalue weighted by Gasteiger charge is -2.05. The van der Waals surface area contributed by atoms with E-state index in [0.29, 0.717) is 4.90 Å². The highest BCUT2D eigenvalue weighted by Gasteiger charge is 2.10. The van der Waals surface area contributed by atoms with Crippen molar-refractivity contribution in [2.75, 3.05) is 18.5 Å². The fourth-order valence-corrected chi connectivity index (χ4v) is 2.28. The van der Waals surface area contributed by atoms with Crippen LogP contribution >= 0.6 is 0 Å². The lowest BCUT2D eigenvalue weighted by atomic mass is 10.3. The minimum atomic E-state index is -1.38. The summed E-state index contributed by atoms with van der Waals surface area (Å²) in [5, 5.41) is 2.43. The van der Waals surface area contributed by atoms with Crippen molar-refractivity contribution in [3.05, 3.63) is 24.0 Å². The number of anilines is 1. The minimum absolute atomic E-state index is 0.148. The van der Waals surface area contributed by atoms with Crippen LogP contribution in [0.2, 0.25) is 0 Å². The molecule has 6 heteroatoms. The van der Waals surface area contributed by atoms with E-state index in [9.17, 15) is 13.4 Å². The summed E-state index contributed by atoms with van der Waals surface area (Å²) in [5.41, 5.74) is 5.68. The molecular weight excluding hydrogens is 231 g/mol. The van der Waals surface area contributed by atoms with Crippen molar-refractivity contribution in [1.29, 1.82) is 0 Å². The van der Waals surface area contributed by atoms with Crippen LogP contribution < -0.4 is 11.1 Å². The number of nitrogens with two attached hydrogens (primary N) is 1. The molecule has 1 rings (SSSR count). The lowest BCUT2D eigenvalue weighted by Crippen LogP contribution is -2.20. The SMILES string of the molecule is CNC(=O)CCS(=O)c1ccc(F)cc1N. The van der Waals surface area contributed by atoms with E-state index in [-0.39, 0.29) is 23.8 Å². The summed E-state index contributed by atoms with van der Waals surface area (Å²) in [6.07, 6.45) is 0.153. The van der Waals surface area contributed by atoms with Crippen molar-refractivity contribution in [3.63, 3.8) is 0 Å². The summed E-state index contributed by atoms with van der Waals surface area (Å²) < 4.78 is 24.5. The highest BCUT2D eigenvalue weighted by atomic mass is 32.2. The Bertz CT molecular complexity index is 423. The second-order valence-electron chi connectivity index (χ2n) is 3.15. The van der Waals surface area contributed by atoms with E-state index in [1.165, 1.54) is 19.2 Å². The van der Waals surface area contributed by atoms with Crippen LogP contribution in [0.25, 0.3) is 0 Å². The van der Waals surface area contributed by atoms with Gasteiger partial charge in [0, 0.05) is 19.2 Å². The average Bonchev–Trinajstić information content (AvgIpc) is 2.25. The molecule has 1 unspecified atom stereocenters. The van der Waals surface area contributed by atoms with Crippen LogP contribution in [0.3, 0.4) is 0 Å². The Morgan fingerprint density at radius 2 is 2.25 bits per heavy atom. The van der Waals surface area contributed by atoms with Gasteiger partial charge in [0.2, 0.25) is 5.91 Å². The number of benzene rings is 1. The lowest BCUT2D eigenvalue weighted by molar-refractivity contribution is -0.120. The molecule has 0 radical (unpaired) electrons. The number of hydrogen-bond acceptors (Lipinski definition) is 3. The van der Waals surface area contributed by atoms with Crippen LogP contribution in [0.4, 0.5) is 10.1 Å². The Kier molecular flexibility index (Phi) is 4.42. The quantitative estimate of drug-likeness (QED) is 0.764. The van der Waals surface area contributed by atoms with E-state index in [2.05, 4.69) is 5.32 Å². The molecule has 1 aromatic carbocycles. The Labute approximate surface area is 95.5 Å². The van der Waals surface area contributed by atoms with E-state index < -0.39 is 16.6 Å². The van der Waals surface area contributed by atoms with E-state index in [4.69, 9.17) is 5.73 Å². The van der Waals surface area contributed by atoms with E-state index in [1.807, 2.05) is 0 Å². The van der Waals surface area contributed by atoms with Gasteiger partial charge in [-0.15, -0.1) is 0 Å². The minimum Gasteiger partial charge on any atom is -0.398 e. The summed E-state index contributed by atoms with van der Waals surface area (Å²) in [6, 6.07) is 3.70. The Morgan fingerprint density at radius 1 is 1.56 bits per heavy atom. The Morgan fingerprint density at radius 3 is 2.81 bits per heavy atom. The third-order valence-corrected chi connectivity index (χ3v) is 3.45. The highest BCUT2D eigenvalue weighted by Crippen LogP contribution is 2.18. The molecular formula is C10H13FN2O2S. The molecule has 0 saturated carbocycles. The van der Waals surface area contributed by atoms with Gasteiger partial charge in [-0.3, -0.25) is 9.00 Å². The number of rotatable bonds is 4. The van der Waals surface area contributed by atoms with Crippen LogP contribution in [0.5, 0.6) is 0 Å². The smallest absolute Gasteiger partial charge is 0.220 e. The number of carbonyl (C=O) groups excluding carboxylic acids is 1. The molecule has 0 heterocycles. The van der Waals surface area contributed by atoms with Crippen molar-refractivity contribution >= 4 is 22.4 Å². The first-order chi connectivity index (χ1) is 7.54. The average molecular weight is 244 g/mol. The third kappa shape index (κ3) is 3.30. The maximum absolute atomic E-state index is 12.7. The molecule has 88 valence electrons. The summed E-state index contributed by atoms with van der Waals surface area (Å²) in [4.78, 5) is 11.3.